The number of amides is 2. The van der Waals surface area contributed by atoms with Crippen molar-refractivity contribution in [2.45, 2.75) is 55.3 Å². The van der Waals surface area contributed by atoms with E-state index in [1.54, 1.807) is 30.3 Å². The summed E-state index contributed by atoms with van der Waals surface area (Å²) < 4.78 is 21.3. The normalized spacial score (nSPS) is 19.1. The molecule has 1 saturated heterocycles. The molecule has 2 amide bonds. The van der Waals surface area contributed by atoms with Gasteiger partial charge in [0.1, 0.15) is 28.2 Å². The first-order chi connectivity index (χ1) is 21.0. The van der Waals surface area contributed by atoms with Crippen molar-refractivity contribution < 1.29 is 37.5 Å². The number of aromatic nitrogens is 2. The minimum atomic E-state index is -1.35. The number of nitrogens with one attached hydrogen (secondary N) is 1. The number of aryl methyl sites for hydroxylation is 2. The Bertz CT molecular complexity index is 1670. The van der Waals surface area contributed by atoms with Gasteiger partial charge in [0.2, 0.25) is 6.10 Å². The molecule has 2 aromatic heterocycles. The van der Waals surface area contributed by atoms with Gasteiger partial charge < -0.3 is 29.4 Å². The van der Waals surface area contributed by atoms with Crippen LogP contribution < -0.4 is 16.9 Å². The number of benzene rings is 1. The highest BCUT2D eigenvalue weighted by Gasteiger charge is 2.55. The van der Waals surface area contributed by atoms with Crippen LogP contribution in [0.3, 0.4) is 0 Å². The summed E-state index contributed by atoms with van der Waals surface area (Å²) in [6.45, 7) is 4.37. The van der Waals surface area contributed by atoms with Crippen molar-refractivity contribution in [1.82, 2.24) is 20.4 Å². The number of ether oxygens (including phenoxy) is 2. The standard InChI is InChI=1S/C27H27N5O9S3/c1-12(28)24(35)41-20(15-7-5-4-6-8-15)21(33)29-18-22(34)32-19(25(36)38-9-17-13(2)39-27(37)40-17)16(10-42-23(18)32)11-43-26-31-30-14(3)44-26/h4-8,12,18,20,23H,9-11,28H2,1-3H3,(H,29,33)/t12-,18-,20-,23-/m1/s1. The van der Waals surface area contributed by atoms with Gasteiger partial charge in [-0.3, -0.25) is 19.3 Å². The van der Waals surface area contributed by atoms with Crippen molar-refractivity contribution in [3.63, 3.8) is 0 Å². The maximum atomic E-state index is 13.5. The van der Waals surface area contributed by atoms with Crippen LogP contribution >= 0.6 is 34.9 Å². The summed E-state index contributed by atoms with van der Waals surface area (Å²) in [7, 11) is 0. The van der Waals surface area contributed by atoms with Crippen molar-refractivity contribution in [2.75, 3.05) is 11.5 Å². The Balaban J connectivity index is 1.35. The lowest BCUT2D eigenvalue weighted by Gasteiger charge is -2.49. The Labute approximate surface area is 262 Å². The van der Waals surface area contributed by atoms with Crippen LogP contribution in [0.25, 0.3) is 0 Å². The number of nitrogens with two attached hydrogens (primary N) is 1. The number of carbonyl (C=O) groups excluding carboxylic acids is 4. The average molecular weight is 662 g/mol. The minimum absolute atomic E-state index is 0.0319. The highest BCUT2D eigenvalue weighted by molar-refractivity contribution is 8.01. The molecule has 0 bridgehead atoms. The van der Waals surface area contributed by atoms with Crippen molar-refractivity contribution in [1.29, 1.82) is 0 Å². The molecule has 0 radical (unpaired) electrons. The van der Waals surface area contributed by atoms with Gasteiger partial charge in [0, 0.05) is 17.1 Å². The van der Waals surface area contributed by atoms with E-state index in [4.69, 9.17) is 24.0 Å². The summed E-state index contributed by atoms with van der Waals surface area (Å²) >= 11 is 4.12. The van der Waals surface area contributed by atoms with Crippen LogP contribution in [0.15, 0.2) is 59.6 Å². The Kier molecular flexibility index (Phi) is 9.57. The number of rotatable bonds is 11. The number of thioether (sulfide) groups is 2. The van der Waals surface area contributed by atoms with Gasteiger partial charge in [-0.2, -0.15) is 0 Å². The number of hydrogen-bond acceptors (Lipinski definition) is 15. The fourth-order valence-corrected chi connectivity index (χ4v) is 7.63. The molecule has 17 heteroatoms. The highest BCUT2D eigenvalue weighted by Crippen LogP contribution is 2.42. The SMILES string of the molecule is Cc1nnc(SCC2=C(C(=O)OCc3oc(=O)oc3C)N3C(=O)[C@@H](NC(=O)[C@H](OC(=O)[C@@H](C)N)c4ccccc4)[C@H]3SC2)s1. The van der Waals surface area contributed by atoms with E-state index in [1.807, 2.05) is 6.92 Å². The Morgan fingerprint density at radius 2 is 1.93 bits per heavy atom. The van der Waals surface area contributed by atoms with Gasteiger partial charge in [-0.1, -0.05) is 53.4 Å². The average Bonchev–Trinajstić information content (AvgIpc) is 3.58. The highest BCUT2D eigenvalue weighted by atomic mass is 32.2. The van der Waals surface area contributed by atoms with Crippen molar-refractivity contribution >= 4 is 58.6 Å². The fraction of sp³-hybridized carbons (Fsp3) is 0.370. The van der Waals surface area contributed by atoms with Crippen LogP contribution in [-0.4, -0.2) is 67.8 Å². The van der Waals surface area contributed by atoms with Crippen LogP contribution in [0.5, 0.6) is 0 Å². The maximum absolute atomic E-state index is 13.5. The lowest BCUT2D eigenvalue weighted by Crippen LogP contribution is -2.71. The first-order valence-electron chi connectivity index (χ1n) is 13.2. The number of hydrogen-bond donors (Lipinski definition) is 2. The predicted molar refractivity (Wildman–Crippen MR) is 158 cm³/mol. The van der Waals surface area contributed by atoms with Gasteiger partial charge in [0.05, 0.1) is 0 Å². The summed E-state index contributed by atoms with van der Waals surface area (Å²) in [6, 6.07) is 6.37. The molecular formula is C27H27N5O9S3. The van der Waals surface area contributed by atoms with Gasteiger partial charge in [0.25, 0.3) is 11.8 Å². The molecule has 2 aliphatic rings. The van der Waals surface area contributed by atoms with Crippen LogP contribution in [-0.2, 0) is 35.3 Å². The number of β-lactam (4-membered cyclic amide) rings is 1. The predicted octanol–water partition coefficient (Wildman–Crippen LogP) is 1.82. The summed E-state index contributed by atoms with van der Waals surface area (Å²) in [5, 5.41) is 10.9. The van der Waals surface area contributed by atoms with E-state index in [9.17, 15) is 24.0 Å². The second-order valence-corrected chi connectivity index (χ2v) is 13.3. The smallest absolute Gasteiger partial charge is 0.453 e. The van der Waals surface area contributed by atoms with Crippen molar-refractivity contribution in [3.05, 3.63) is 74.3 Å². The maximum Gasteiger partial charge on any atom is 0.519 e. The summed E-state index contributed by atoms with van der Waals surface area (Å²) in [5.74, 6) is -2.91. The van der Waals surface area contributed by atoms with Crippen LogP contribution in [0.2, 0.25) is 0 Å². The zero-order valence-corrected chi connectivity index (χ0v) is 26.1. The lowest BCUT2D eigenvalue weighted by atomic mass is 10.0. The number of fused-ring (bicyclic) bond motifs is 1. The third-order valence-electron chi connectivity index (χ3n) is 6.53. The first-order valence-corrected chi connectivity index (χ1v) is 16.1. The van der Waals surface area contributed by atoms with Crippen molar-refractivity contribution in [3.8, 4) is 0 Å². The van der Waals surface area contributed by atoms with Crippen LogP contribution in [0, 0.1) is 13.8 Å². The molecule has 44 heavy (non-hydrogen) atoms. The van der Waals surface area contributed by atoms with E-state index in [0.29, 0.717) is 27.0 Å². The van der Waals surface area contributed by atoms with Gasteiger partial charge >= 0.3 is 17.8 Å². The molecule has 0 saturated carbocycles. The molecule has 5 rings (SSSR count). The summed E-state index contributed by atoms with van der Waals surface area (Å²) in [4.78, 5) is 65.3. The Morgan fingerprint density at radius 1 is 1.18 bits per heavy atom. The van der Waals surface area contributed by atoms with Crippen molar-refractivity contribution in [2.24, 2.45) is 5.73 Å². The number of nitrogens with zero attached hydrogens (tertiary/aromatic N) is 3. The first kappa shape index (κ1) is 31.5. The summed E-state index contributed by atoms with van der Waals surface area (Å²) in [6.07, 6.45) is -1.35. The van der Waals surface area contributed by atoms with Gasteiger partial charge in [0.15, 0.2) is 22.5 Å². The van der Waals surface area contributed by atoms with Crippen LogP contribution in [0.4, 0.5) is 0 Å². The monoisotopic (exact) mass is 661 g/mol. The molecule has 0 aliphatic carbocycles. The summed E-state index contributed by atoms with van der Waals surface area (Å²) in [5.41, 5.74) is 6.69. The third-order valence-corrected chi connectivity index (χ3v) is 9.93. The van der Waals surface area contributed by atoms with E-state index in [2.05, 4.69) is 15.5 Å². The molecule has 1 aromatic carbocycles. The van der Waals surface area contributed by atoms with E-state index in [0.717, 1.165) is 5.01 Å². The second-order valence-electron chi connectivity index (χ2n) is 9.75. The molecule has 232 valence electrons. The fourth-order valence-electron chi connectivity index (χ4n) is 4.33. The molecular weight excluding hydrogens is 635 g/mol. The van der Waals surface area contributed by atoms with E-state index in [-0.39, 0.29) is 23.8 Å². The van der Waals surface area contributed by atoms with Gasteiger partial charge in [-0.15, -0.1) is 22.0 Å². The molecule has 2 aliphatic heterocycles. The quantitative estimate of drug-likeness (QED) is 0.171. The molecule has 3 N–H and O–H groups in total. The lowest BCUT2D eigenvalue weighted by molar-refractivity contribution is -0.160. The zero-order valence-electron chi connectivity index (χ0n) is 23.6. The topological polar surface area (TPSA) is 197 Å². The Hall–Kier alpha value is -3.93. The van der Waals surface area contributed by atoms with Gasteiger partial charge in [-0.25, -0.2) is 9.59 Å². The molecule has 0 spiro atoms. The van der Waals surface area contributed by atoms with E-state index >= 15 is 0 Å². The molecule has 0 unspecified atom stereocenters. The molecule has 14 nitrogen and oxygen atoms in total. The second kappa shape index (κ2) is 13.4. The van der Waals surface area contributed by atoms with Crippen LogP contribution in [0.1, 0.15) is 35.1 Å². The molecule has 4 heterocycles. The largest absolute Gasteiger partial charge is 0.519 e. The van der Waals surface area contributed by atoms with E-state index < -0.39 is 53.1 Å². The molecule has 3 aromatic rings. The minimum Gasteiger partial charge on any atom is -0.453 e. The number of carbonyl (C=O) groups is 4. The number of esters is 2. The molecule has 4 atom stereocenters. The van der Waals surface area contributed by atoms with E-state index in [1.165, 1.54) is 53.6 Å². The zero-order chi connectivity index (χ0) is 31.5. The third kappa shape index (κ3) is 6.74. The Morgan fingerprint density at radius 3 is 2.57 bits per heavy atom. The molecule has 1 fully saturated rings. The van der Waals surface area contributed by atoms with Gasteiger partial charge in [-0.05, 0) is 26.3 Å².